The van der Waals surface area contributed by atoms with E-state index in [4.69, 9.17) is 9.47 Å². The second-order valence-electron chi connectivity index (χ2n) is 24.5. The zero-order valence-electron chi connectivity index (χ0n) is 51.3. The molecule has 3 saturated carbocycles. The second-order valence-corrected chi connectivity index (χ2v) is 24.5. The van der Waals surface area contributed by atoms with E-state index in [-0.39, 0.29) is 40.0 Å². The van der Waals surface area contributed by atoms with Crippen LogP contribution in [0.4, 0.5) is 0 Å². The molecule has 0 saturated heterocycles. The third kappa shape index (κ3) is 22.5. The van der Waals surface area contributed by atoms with E-state index in [1.165, 1.54) is 42.5 Å². The summed E-state index contributed by atoms with van der Waals surface area (Å²) in [5.41, 5.74) is 7.33. The van der Waals surface area contributed by atoms with E-state index in [2.05, 4.69) is 223 Å². The first-order valence-corrected chi connectivity index (χ1v) is 29.0. The molecule has 426 valence electrons. The van der Waals surface area contributed by atoms with Crippen molar-refractivity contribution in [1.29, 1.82) is 0 Å². The fourth-order valence-electron chi connectivity index (χ4n) is 9.94. The lowest BCUT2D eigenvalue weighted by molar-refractivity contribution is -0.0627. The Morgan fingerprint density at radius 3 is 1.19 bits per heavy atom. The molecule has 3 fully saturated rings. The van der Waals surface area contributed by atoms with Crippen LogP contribution < -0.4 is 21.3 Å². The molecule has 0 bridgehead atoms. The highest BCUT2D eigenvalue weighted by Crippen LogP contribution is 2.49. The van der Waals surface area contributed by atoms with Gasteiger partial charge in [0, 0.05) is 60.0 Å². The van der Waals surface area contributed by atoms with E-state index >= 15 is 0 Å². The highest BCUT2D eigenvalue weighted by Gasteiger charge is 2.48. The molecule has 0 spiro atoms. The predicted octanol–water partition coefficient (Wildman–Crippen LogP) is 15.2. The molecule has 3 aliphatic rings. The zero-order chi connectivity index (χ0) is 57.6. The maximum atomic E-state index is 5.87. The molecule has 4 aromatic heterocycles. The van der Waals surface area contributed by atoms with Gasteiger partial charge in [0.15, 0.2) is 0 Å². The highest BCUT2D eigenvalue weighted by molar-refractivity contribution is 5.30. The smallest absolute Gasteiger partial charge is 0.111 e. The maximum Gasteiger partial charge on any atom is 0.111 e. The van der Waals surface area contributed by atoms with Crippen molar-refractivity contribution in [2.45, 2.75) is 233 Å². The second kappa shape index (κ2) is 30.4. The van der Waals surface area contributed by atoms with Crippen LogP contribution >= 0.6 is 0 Å². The van der Waals surface area contributed by atoms with Gasteiger partial charge in [-0.2, -0.15) is 0 Å². The quantitative estimate of drug-likeness (QED) is 0.0663. The summed E-state index contributed by atoms with van der Waals surface area (Å²) < 4.78 is 11.6. The summed E-state index contributed by atoms with van der Waals surface area (Å²) in [5.74, 6) is 0. The van der Waals surface area contributed by atoms with Crippen LogP contribution in [-0.2, 0) is 42.8 Å². The lowest BCUT2D eigenvalue weighted by Gasteiger charge is -2.29. The van der Waals surface area contributed by atoms with Crippen LogP contribution in [-0.4, -0.2) is 56.3 Å². The fraction of sp³-hybridized carbons (Fsp3) is 0.529. The van der Waals surface area contributed by atoms with E-state index in [1.54, 1.807) is 6.20 Å². The van der Waals surface area contributed by atoms with Crippen molar-refractivity contribution >= 4 is 0 Å². The maximum absolute atomic E-state index is 5.87. The normalized spacial score (nSPS) is 15.5. The minimum absolute atomic E-state index is 0.0462. The number of nitrogens with one attached hydrogen (secondary N) is 4. The molecule has 0 aliphatic heterocycles. The number of hydrogen-bond acceptors (Lipinski definition) is 10. The summed E-state index contributed by atoms with van der Waals surface area (Å²) in [6, 6.07) is 47.4. The summed E-state index contributed by atoms with van der Waals surface area (Å²) >= 11 is 0. The molecule has 6 aromatic rings. The lowest BCUT2D eigenvalue weighted by Crippen LogP contribution is -2.41. The highest BCUT2D eigenvalue weighted by atomic mass is 16.5. The van der Waals surface area contributed by atoms with Crippen molar-refractivity contribution in [3.63, 3.8) is 0 Å². The Hall–Kier alpha value is -5.20. The van der Waals surface area contributed by atoms with Gasteiger partial charge in [0.1, 0.15) is 11.2 Å². The van der Waals surface area contributed by atoms with Crippen LogP contribution in [0.2, 0.25) is 0 Å². The fourth-order valence-corrected chi connectivity index (χ4v) is 9.94. The van der Waals surface area contributed by atoms with Crippen molar-refractivity contribution in [3.8, 4) is 0 Å². The molecule has 4 heterocycles. The Morgan fingerprint density at radius 2 is 0.808 bits per heavy atom. The topological polar surface area (TPSA) is 118 Å². The molecule has 3 aliphatic carbocycles. The number of pyridine rings is 4. The van der Waals surface area contributed by atoms with Crippen molar-refractivity contribution in [1.82, 2.24) is 41.2 Å². The summed E-state index contributed by atoms with van der Waals surface area (Å²) in [6.07, 6.45) is 15.1. The van der Waals surface area contributed by atoms with Gasteiger partial charge in [-0.05, 0) is 181 Å². The summed E-state index contributed by atoms with van der Waals surface area (Å²) in [7, 11) is 0. The standard InChI is InChI=1S/C12H17N.C12H19N.C11H16N2.C11H18N2.C11H15NO.C11H17NO/c1-10(2)13-12(8-9-12)11-6-4-3-5-7-11;1-10(2)13-12(3,4)11-8-6-5-7-9-11;1-9(2)13-11(6-7-11)10-5-3-4-8-12-10;1-9(2)13-11(3,4)10-7-5-6-8-12-10;1-9(2)13-11(6-7-11)10-5-3-4-8-12-10;1-9(2)13-11(3,4)10-7-5-6-8-12-10/h3-7,10,13H,8-9H2,1-2H3;5-10,13H,1-4H3;3-5,8-9,13H,6-7H2,1-2H3;5-9,13H,1-4H3;3-5,8-9H,6-7H2,1-2H3;5-9H,1-4H3. The molecule has 0 amide bonds. The third-order valence-corrected chi connectivity index (χ3v) is 13.3. The first kappa shape index (κ1) is 65.3. The Morgan fingerprint density at radius 1 is 0.397 bits per heavy atom. The minimum atomic E-state index is -0.296. The van der Waals surface area contributed by atoms with E-state index in [0.717, 1.165) is 29.9 Å². The SMILES string of the molecule is CC(C)NC(C)(C)c1ccccc1.CC(C)NC(C)(C)c1ccccn1.CC(C)NC1(c2ccccc2)CC1.CC(C)NC1(c2ccccn2)CC1.CC(C)OC(C)(C)c1ccccn1.CC(C)OC1(c2ccccn2)CC1. The zero-order valence-corrected chi connectivity index (χ0v) is 51.3. The van der Waals surface area contributed by atoms with Gasteiger partial charge >= 0.3 is 0 Å². The van der Waals surface area contributed by atoms with Crippen LogP contribution in [0.25, 0.3) is 0 Å². The average molecular weight is 1060 g/mol. The van der Waals surface area contributed by atoms with Crippen LogP contribution in [0, 0.1) is 0 Å². The average Bonchev–Trinajstić information content (AvgIpc) is 4.32. The molecule has 0 atom stereocenters. The van der Waals surface area contributed by atoms with Crippen LogP contribution in [0.3, 0.4) is 0 Å². The van der Waals surface area contributed by atoms with Gasteiger partial charge in [0.25, 0.3) is 0 Å². The van der Waals surface area contributed by atoms with Gasteiger partial charge in [-0.25, -0.2) is 0 Å². The Bertz CT molecular complexity index is 2080. The van der Waals surface area contributed by atoms with E-state index in [0.29, 0.717) is 29.7 Å². The van der Waals surface area contributed by atoms with Gasteiger partial charge < -0.3 is 30.7 Å². The van der Waals surface area contributed by atoms with Crippen molar-refractivity contribution in [3.05, 3.63) is 192 Å². The van der Waals surface area contributed by atoms with Crippen molar-refractivity contribution in [2.24, 2.45) is 0 Å². The molecule has 0 radical (unpaired) electrons. The molecule has 2 aromatic carbocycles. The lowest BCUT2D eigenvalue weighted by atomic mass is 9.94. The number of hydrogen-bond donors (Lipinski definition) is 4. The first-order chi connectivity index (χ1) is 36.8. The van der Waals surface area contributed by atoms with E-state index in [1.807, 2.05) is 94.8 Å². The van der Waals surface area contributed by atoms with Gasteiger partial charge in [-0.3, -0.25) is 19.9 Å². The summed E-state index contributed by atoms with van der Waals surface area (Å²) in [4.78, 5) is 17.4. The molecule has 78 heavy (non-hydrogen) atoms. The van der Waals surface area contributed by atoms with E-state index < -0.39 is 0 Å². The molecule has 9 rings (SSSR count). The van der Waals surface area contributed by atoms with Crippen LogP contribution in [0.5, 0.6) is 0 Å². The Labute approximate surface area is 473 Å². The molecular formula is C68H102N8O2. The van der Waals surface area contributed by atoms with Crippen molar-refractivity contribution < 1.29 is 9.47 Å². The van der Waals surface area contributed by atoms with Gasteiger partial charge in [-0.15, -0.1) is 0 Å². The predicted molar refractivity (Wildman–Crippen MR) is 327 cm³/mol. The molecular weight excluding hydrogens is 961 g/mol. The van der Waals surface area contributed by atoms with Gasteiger partial charge in [-0.1, -0.05) is 126 Å². The Balaban J connectivity index is 0.000000202. The monoisotopic (exact) mass is 1060 g/mol. The Kier molecular flexibility index (Phi) is 25.5. The third-order valence-electron chi connectivity index (χ3n) is 13.3. The number of aromatic nitrogens is 4. The number of nitrogens with zero attached hydrogens (tertiary/aromatic N) is 4. The molecule has 10 nitrogen and oxygen atoms in total. The largest absolute Gasteiger partial charge is 0.367 e. The van der Waals surface area contributed by atoms with Crippen LogP contribution in [0.15, 0.2) is 158 Å². The van der Waals surface area contributed by atoms with Gasteiger partial charge in [0.05, 0.1) is 46.1 Å². The minimum Gasteiger partial charge on any atom is -0.367 e. The molecule has 10 heteroatoms. The number of ether oxygens (including phenoxy) is 2. The first-order valence-electron chi connectivity index (χ1n) is 29.0. The van der Waals surface area contributed by atoms with Gasteiger partial charge in [0.2, 0.25) is 0 Å². The molecule has 0 unspecified atom stereocenters. The van der Waals surface area contributed by atoms with Crippen LogP contribution in [0.1, 0.15) is 197 Å². The number of benzene rings is 2. The summed E-state index contributed by atoms with van der Waals surface area (Å²) in [5, 5.41) is 14.2. The van der Waals surface area contributed by atoms with E-state index in [9.17, 15) is 0 Å². The number of rotatable bonds is 18. The molecule has 4 N–H and O–H groups in total. The summed E-state index contributed by atoms with van der Waals surface area (Å²) in [6.45, 7) is 38.4. The van der Waals surface area contributed by atoms with Crippen molar-refractivity contribution in [2.75, 3.05) is 0 Å².